The lowest BCUT2D eigenvalue weighted by atomic mass is 10.0. The summed E-state index contributed by atoms with van der Waals surface area (Å²) < 4.78 is 18.4. The van der Waals surface area contributed by atoms with E-state index in [9.17, 15) is 9.59 Å². The molecule has 0 saturated heterocycles. The third-order valence-corrected chi connectivity index (χ3v) is 5.39. The number of rotatable bonds is 3. The van der Waals surface area contributed by atoms with E-state index >= 15 is 0 Å². The van der Waals surface area contributed by atoms with Crippen LogP contribution in [0.1, 0.15) is 29.8 Å². The summed E-state index contributed by atoms with van der Waals surface area (Å²) in [5.74, 6) is -2.14. The van der Waals surface area contributed by atoms with E-state index in [2.05, 4.69) is 29.2 Å². The number of ether oxygens (including phenoxy) is 3. The molecule has 3 aromatic rings. The fourth-order valence-corrected chi connectivity index (χ4v) is 3.54. The largest absolute Gasteiger partial charge is 0.447 e. The predicted octanol–water partition coefficient (Wildman–Crippen LogP) is 5.35. The van der Waals surface area contributed by atoms with Gasteiger partial charge in [0, 0.05) is 27.0 Å². The van der Waals surface area contributed by atoms with Gasteiger partial charge >= 0.3 is 11.9 Å². The summed E-state index contributed by atoms with van der Waals surface area (Å²) in [6.45, 7) is 6.84. The lowest BCUT2D eigenvalue weighted by Crippen LogP contribution is -2.39. The number of hydrogen-bond acceptors (Lipinski definition) is 5. The van der Waals surface area contributed by atoms with E-state index in [0.717, 1.165) is 8.96 Å². The van der Waals surface area contributed by atoms with Crippen molar-refractivity contribution < 1.29 is 23.8 Å². The maximum Gasteiger partial charge on any atom is 0.349 e. The minimum absolute atomic E-state index is 0.0845. The second kappa shape index (κ2) is 7.18. The summed E-state index contributed by atoms with van der Waals surface area (Å²) in [6, 6.07) is 16.6. The molecule has 0 fully saturated rings. The first kappa shape index (κ1) is 19.4. The number of carbonyl (C=O) groups is 2. The Kier molecular flexibility index (Phi) is 4.82. The molecule has 0 saturated carbocycles. The van der Waals surface area contributed by atoms with Crippen LogP contribution in [0.25, 0.3) is 10.8 Å². The van der Waals surface area contributed by atoms with Crippen LogP contribution in [0.2, 0.25) is 0 Å². The Bertz CT molecular complexity index is 1170. The van der Waals surface area contributed by atoms with Crippen molar-refractivity contribution >= 4 is 45.3 Å². The topological polar surface area (TPSA) is 61.8 Å². The Morgan fingerprint density at radius 3 is 2.48 bits per heavy atom. The van der Waals surface area contributed by atoms with Crippen molar-refractivity contribution in [2.75, 3.05) is 0 Å². The molecule has 4 rings (SSSR count). The molecule has 0 aliphatic carbocycles. The standard InChI is InChI=1S/C23H17IO5/c1-13(2)21(25)27-20-17-7-5-4-6-14(17)12-18-19(20)22(26)29-23(3,28-18)15-8-10-16(24)11-9-15/h4-12H,1H2,2-3H3. The van der Waals surface area contributed by atoms with E-state index < -0.39 is 17.7 Å². The Hall–Kier alpha value is -2.87. The highest BCUT2D eigenvalue weighted by Gasteiger charge is 2.42. The molecular formula is C23H17IO5. The van der Waals surface area contributed by atoms with Crippen LogP contribution in [0.5, 0.6) is 11.5 Å². The predicted molar refractivity (Wildman–Crippen MR) is 117 cm³/mol. The molecule has 6 heteroatoms. The Labute approximate surface area is 181 Å². The summed E-state index contributed by atoms with van der Waals surface area (Å²) in [5, 5.41) is 1.38. The Balaban J connectivity index is 1.89. The van der Waals surface area contributed by atoms with E-state index in [1.54, 1.807) is 32.0 Å². The zero-order chi connectivity index (χ0) is 20.8. The monoisotopic (exact) mass is 500 g/mol. The van der Waals surface area contributed by atoms with Gasteiger partial charge in [-0.2, -0.15) is 0 Å². The zero-order valence-electron chi connectivity index (χ0n) is 15.8. The first-order valence-corrected chi connectivity index (χ1v) is 9.98. The average molecular weight is 500 g/mol. The Morgan fingerprint density at radius 2 is 1.79 bits per heavy atom. The molecule has 1 aliphatic rings. The molecule has 1 heterocycles. The summed E-state index contributed by atoms with van der Waals surface area (Å²) in [7, 11) is 0. The van der Waals surface area contributed by atoms with E-state index in [1.807, 2.05) is 36.4 Å². The second-order valence-electron chi connectivity index (χ2n) is 6.91. The lowest BCUT2D eigenvalue weighted by Gasteiger charge is -2.35. The maximum absolute atomic E-state index is 13.0. The molecule has 1 unspecified atom stereocenters. The molecule has 146 valence electrons. The normalized spacial score (nSPS) is 17.8. The van der Waals surface area contributed by atoms with Crippen molar-refractivity contribution in [3.05, 3.63) is 81.4 Å². The van der Waals surface area contributed by atoms with Crippen molar-refractivity contribution in [2.24, 2.45) is 0 Å². The van der Waals surface area contributed by atoms with Gasteiger partial charge in [0.2, 0.25) is 0 Å². The number of benzene rings is 3. The van der Waals surface area contributed by atoms with Crippen molar-refractivity contribution in [1.29, 1.82) is 0 Å². The van der Waals surface area contributed by atoms with E-state index in [1.165, 1.54) is 0 Å². The summed E-state index contributed by atoms with van der Waals surface area (Å²) in [4.78, 5) is 25.3. The van der Waals surface area contributed by atoms with E-state index in [0.29, 0.717) is 16.7 Å². The maximum atomic E-state index is 13.0. The van der Waals surface area contributed by atoms with Crippen LogP contribution in [0.15, 0.2) is 66.7 Å². The minimum atomic E-state index is -1.30. The van der Waals surface area contributed by atoms with Gasteiger partial charge in [0.1, 0.15) is 11.3 Å². The van der Waals surface area contributed by atoms with Gasteiger partial charge in [-0.1, -0.05) is 43.0 Å². The first-order valence-electron chi connectivity index (χ1n) is 8.90. The van der Waals surface area contributed by atoms with E-state index in [-0.39, 0.29) is 16.9 Å². The van der Waals surface area contributed by atoms with Gasteiger partial charge in [-0.25, -0.2) is 9.59 Å². The number of esters is 2. The van der Waals surface area contributed by atoms with Crippen molar-refractivity contribution in [3.8, 4) is 11.5 Å². The minimum Gasteiger partial charge on any atom is -0.447 e. The second-order valence-corrected chi connectivity index (χ2v) is 8.16. The van der Waals surface area contributed by atoms with Gasteiger partial charge in [-0.15, -0.1) is 0 Å². The van der Waals surface area contributed by atoms with Crippen molar-refractivity contribution in [3.63, 3.8) is 0 Å². The fraction of sp³-hybridized carbons (Fsp3) is 0.130. The highest BCUT2D eigenvalue weighted by molar-refractivity contribution is 14.1. The molecule has 5 nitrogen and oxygen atoms in total. The van der Waals surface area contributed by atoms with Crippen LogP contribution in [0, 0.1) is 3.57 Å². The number of cyclic esters (lactones) is 1. The molecule has 1 aliphatic heterocycles. The fourth-order valence-electron chi connectivity index (χ4n) is 3.18. The van der Waals surface area contributed by atoms with Crippen LogP contribution >= 0.6 is 22.6 Å². The van der Waals surface area contributed by atoms with Crippen molar-refractivity contribution in [1.82, 2.24) is 0 Å². The van der Waals surface area contributed by atoms with Gasteiger partial charge in [0.05, 0.1) is 0 Å². The zero-order valence-corrected chi connectivity index (χ0v) is 18.0. The molecular weight excluding hydrogens is 483 g/mol. The molecule has 0 amide bonds. The molecule has 0 aromatic heterocycles. The molecule has 0 bridgehead atoms. The van der Waals surface area contributed by atoms with Gasteiger partial charge in [-0.3, -0.25) is 0 Å². The highest BCUT2D eigenvalue weighted by Crippen LogP contribution is 2.45. The molecule has 0 radical (unpaired) electrons. The first-order chi connectivity index (χ1) is 13.8. The van der Waals surface area contributed by atoms with Crippen LogP contribution < -0.4 is 9.47 Å². The average Bonchev–Trinajstić information content (AvgIpc) is 2.67. The summed E-state index contributed by atoms with van der Waals surface area (Å²) in [5.41, 5.74) is 1.01. The van der Waals surface area contributed by atoms with Gasteiger partial charge in [-0.05, 0) is 53.1 Å². The van der Waals surface area contributed by atoms with Gasteiger partial charge in [0.15, 0.2) is 5.75 Å². The number of halogens is 1. The highest BCUT2D eigenvalue weighted by atomic mass is 127. The SMILES string of the molecule is C=C(C)C(=O)Oc1c2c(cc3ccccc13)OC(C)(c1ccc(I)cc1)OC2=O. The summed E-state index contributed by atoms with van der Waals surface area (Å²) >= 11 is 2.20. The van der Waals surface area contributed by atoms with E-state index in [4.69, 9.17) is 14.2 Å². The number of hydrogen-bond donors (Lipinski definition) is 0. The molecule has 1 atom stereocenters. The smallest absolute Gasteiger partial charge is 0.349 e. The van der Waals surface area contributed by atoms with Crippen LogP contribution in [-0.2, 0) is 15.3 Å². The molecule has 0 N–H and O–H groups in total. The van der Waals surface area contributed by atoms with Gasteiger partial charge in [0.25, 0.3) is 5.79 Å². The molecule has 3 aromatic carbocycles. The lowest BCUT2D eigenvalue weighted by molar-refractivity contribution is -0.148. The van der Waals surface area contributed by atoms with Gasteiger partial charge < -0.3 is 14.2 Å². The van der Waals surface area contributed by atoms with Crippen LogP contribution in [-0.4, -0.2) is 11.9 Å². The molecule has 0 spiro atoms. The van der Waals surface area contributed by atoms with Crippen molar-refractivity contribution in [2.45, 2.75) is 19.6 Å². The third kappa shape index (κ3) is 3.48. The quantitative estimate of drug-likeness (QED) is 0.210. The van der Waals surface area contributed by atoms with Crippen LogP contribution in [0.3, 0.4) is 0 Å². The Morgan fingerprint density at radius 1 is 1.10 bits per heavy atom. The third-order valence-electron chi connectivity index (χ3n) is 4.67. The number of carbonyl (C=O) groups excluding carboxylic acids is 2. The molecule has 29 heavy (non-hydrogen) atoms. The number of fused-ring (bicyclic) bond motifs is 2. The summed E-state index contributed by atoms with van der Waals surface area (Å²) in [6.07, 6.45) is 0. The van der Waals surface area contributed by atoms with Crippen LogP contribution in [0.4, 0.5) is 0 Å².